The van der Waals surface area contributed by atoms with E-state index in [0.717, 1.165) is 37.4 Å². The van der Waals surface area contributed by atoms with Crippen molar-refractivity contribution in [2.45, 2.75) is 37.6 Å². The van der Waals surface area contributed by atoms with Gasteiger partial charge < -0.3 is 15.4 Å². The maximum absolute atomic E-state index is 13.5. The Balaban J connectivity index is 1.95. The zero-order valence-corrected chi connectivity index (χ0v) is 13.4. The van der Waals surface area contributed by atoms with Crippen molar-refractivity contribution in [3.63, 3.8) is 0 Å². The molecule has 0 aliphatic carbocycles. The first kappa shape index (κ1) is 17.8. The molecular weight excluding hydrogens is 302 g/mol. The van der Waals surface area contributed by atoms with E-state index in [1.165, 1.54) is 6.07 Å². The van der Waals surface area contributed by atoms with Gasteiger partial charge in [0.1, 0.15) is 0 Å². The van der Waals surface area contributed by atoms with Gasteiger partial charge in [0.25, 0.3) is 0 Å². The summed E-state index contributed by atoms with van der Waals surface area (Å²) in [5, 5.41) is 6.26. The molecule has 0 bridgehead atoms. The molecule has 1 heterocycles. The van der Waals surface area contributed by atoms with Crippen molar-refractivity contribution in [1.82, 2.24) is 10.6 Å². The molecule has 0 radical (unpaired) electrons. The van der Waals surface area contributed by atoms with Gasteiger partial charge in [-0.1, -0.05) is 6.07 Å². The number of nitrogens with one attached hydrogen (secondary N) is 2. The van der Waals surface area contributed by atoms with E-state index in [1.54, 1.807) is 13.2 Å². The summed E-state index contributed by atoms with van der Waals surface area (Å²) in [4.78, 5) is 12.1. The van der Waals surface area contributed by atoms with Gasteiger partial charge in [0.15, 0.2) is 11.6 Å². The van der Waals surface area contributed by atoms with E-state index < -0.39 is 11.6 Å². The molecule has 1 aliphatic heterocycles. The molecule has 0 saturated carbocycles. The zero-order valence-electron chi connectivity index (χ0n) is 13.4. The number of carbonyl (C=O) groups excluding carboxylic acids is 1. The fourth-order valence-corrected chi connectivity index (χ4v) is 2.96. The summed E-state index contributed by atoms with van der Waals surface area (Å²) in [6.07, 6.45) is 2.85. The molecule has 0 spiro atoms. The molecule has 1 amide bonds. The van der Waals surface area contributed by atoms with E-state index in [4.69, 9.17) is 4.74 Å². The lowest BCUT2D eigenvalue weighted by Crippen LogP contribution is -2.50. The predicted octanol–water partition coefficient (Wildman–Crippen LogP) is 2.34. The molecule has 1 aromatic carbocycles. The molecular formula is C17H24F2N2O2. The van der Waals surface area contributed by atoms with Gasteiger partial charge in [0, 0.05) is 38.6 Å². The van der Waals surface area contributed by atoms with Gasteiger partial charge in [0.05, 0.1) is 0 Å². The Hall–Kier alpha value is -1.53. The highest BCUT2D eigenvalue weighted by atomic mass is 19.2. The fraction of sp³-hybridized carbons (Fsp3) is 0.588. The first-order valence-electron chi connectivity index (χ1n) is 8.05. The molecule has 1 aromatic rings. The van der Waals surface area contributed by atoms with Crippen molar-refractivity contribution >= 4 is 5.91 Å². The summed E-state index contributed by atoms with van der Waals surface area (Å²) in [7, 11) is 1.64. The Morgan fingerprint density at radius 2 is 2.17 bits per heavy atom. The van der Waals surface area contributed by atoms with Crippen LogP contribution >= 0.6 is 0 Å². The van der Waals surface area contributed by atoms with Crippen LogP contribution < -0.4 is 10.6 Å². The van der Waals surface area contributed by atoms with Gasteiger partial charge in [0.2, 0.25) is 5.91 Å². The number of piperidine rings is 1. The van der Waals surface area contributed by atoms with Crippen molar-refractivity contribution < 1.29 is 18.3 Å². The third kappa shape index (κ3) is 5.25. The minimum atomic E-state index is -0.846. The van der Waals surface area contributed by atoms with Crippen LogP contribution in [0.25, 0.3) is 0 Å². The maximum Gasteiger partial charge on any atom is 0.220 e. The van der Waals surface area contributed by atoms with Crippen LogP contribution in [0.1, 0.15) is 37.2 Å². The Bertz CT molecular complexity index is 525. The van der Waals surface area contributed by atoms with Crippen molar-refractivity contribution in [3.8, 4) is 0 Å². The minimum absolute atomic E-state index is 0.00530. The second kappa shape index (κ2) is 8.93. The second-order valence-corrected chi connectivity index (χ2v) is 5.90. The van der Waals surface area contributed by atoms with Gasteiger partial charge in [-0.2, -0.15) is 0 Å². The number of hydrogen-bond acceptors (Lipinski definition) is 3. The second-order valence-electron chi connectivity index (χ2n) is 5.90. The predicted molar refractivity (Wildman–Crippen MR) is 84.2 cm³/mol. The molecule has 1 aliphatic rings. The number of methoxy groups -OCH3 is 1. The first-order chi connectivity index (χ1) is 11.1. The number of amides is 1. The summed E-state index contributed by atoms with van der Waals surface area (Å²) in [5.74, 6) is -1.70. The molecule has 2 N–H and O–H groups in total. The van der Waals surface area contributed by atoms with Crippen molar-refractivity contribution in [2.24, 2.45) is 0 Å². The van der Waals surface area contributed by atoms with Crippen LogP contribution in [0.2, 0.25) is 0 Å². The molecule has 1 saturated heterocycles. The van der Waals surface area contributed by atoms with E-state index in [0.29, 0.717) is 19.6 Å². The van der Waals surface area contributed by atoms with E-state index in [2.05, 4.69) is 10.6 Å². The summed E-state index contributed by atoms with van der Waals surface area (Å²) in [6, 6.07) is 3.88. The highest BCUT2D eigenvalue weighted by Gasteiger charge is 2.28. The summed E-state index contributed by atoms with van der Waals surface area (Å²) in [6.45, 7) is 2.08. The topological polar surface area (TPSA) is 50.4 Å². The highest BCUT2D eigenvalue weighted by Crippen LogP contribution is 2.27. The molecule has 128 valence electrons. The average molecular weight is 326 g/mol. The van der Waals surface area contributed by atoms with Crippen LogP contribution in [-0.2, 0) is 9.53 Å². The van der Waals surface area contributed by atoms with Crippen LogP contribution in [0.4, 0.5) is 8.78 Å². The monoisotopic (exact) mass is 326 g/mol. The van der Waals surface area contributed by atoms with Gasteiger partial charge in [-0.05, 0) is 43.5 Å². The highest BCUT2D eigenvalue weighted by molar-refractivity contribution is 5.76. The van der Waals surface area contributed by atoms with E-state index in [9.17, 15) is 13.6 Å². The van der Waals surface area contributed by atoms with Gasteiger partial charge in [-0.3, -0.25) is 4.79 Å². The number of rotatable bonds is 7. The molecule has 2 atom stereocenters. The number of carbonyl (C=O) groups is 1. The SMILES string of the molecule is COCCCCC(=O)NC1CNCCC1c1ccc(F)c(F)c1. The van der Waals surface area contributed by atoms with E-state index in [1.807, 2.05) is 0 Å². The fourth-order valence-electron chi connectivity index (χ4n) is 2.96. The number of hydrogen-bond donors (Lipinski definition) is 2. The van der Waals surface area contributed by atoms with E-state index in [-0.39, 0.29) is 17.9 Å². The normalized spacial score (nSPS) is 21.2. The zero-order chi connectivity index (χ0) is 16.7. The molecule has 2 unspecified atom stereocenters. The Morgan fingerprint density at radius 1 is 1.35 bits per heavy atom. The maximum atomic E-state index is 13.5. The lowest BCUT2D eigenvalue weighted by molar-refractivity contribution is -0.122. The number of benzene rings is 1. The lowest BCUT2D eigenvalue weighted by Gasteiger charge is -2.33. The number of halogens is 2. The lowest BCUT2D eigenvalue weighted by atomic mass is 9.86. The molecule has 1 fully saturated rings. The average Bonchev–Trinajstić information content (AvgIpc) is 2.55. The summed E-state index contributed by atoms with van der Waals surface area (Å²) < 4.78 is 31.5. The summed E-state index contributed by atoms with van der Waals surface area (Å²) in [5.41, 5.74) is 0.732. The Labute approximate surface area is 135 Å². The van der Waals surface area contributed by atoms with Crippen LogP contribution in [0.15, 0.2) is 18.2 Å². The van der Waals surface area contributed by atoms with Gasteiger partial charge in [-0.15, -0.1) is 0 Å². The summed E-state index contributed by atoms with van der Waals surface area (Å²) >= 11 is 0. The standard InChI is InChI=1S/C17H24F2N2O2/c1-23-9-3-2-4-17(22)21-16-11-20-8-7-13(16)12-5-6-14(18)15(19)10-12/h5-6,10,13,16,20H,2-4,7-9,11H2,1H3,(H,21,22). The Morgan fingerprint density at radius 3 is 2.91 bits per heavy atom. The van der Waals surface area contributed by atoms with Crippen LogP contribution in [0, 0.1) is 11.6 Å². The molecule has 2 rings (SSSR count). The van der Waals surface area contributed by atoms with Gasteiger partial charge in [-0.25, -0.2) is 8.78 Å². The molecule has 6 heteroatoms. The van der Waals surface area contributed by atoms with E-state index >= 15 is 0 Å². The van der Waals surface area contributed by atoms with Crippen molar-refractivity contribution in [3.05, 3.63) is 35.4 Å². The van der Waals surface area contributed by atoms with Crippen molar-refractivity contribution in [2.75, 3.05) is 26.8 Å². The molecule has 0 aromatic heterocycles. The smallest absolute Gasteiger partial charge is 0.220 e. The largest absolute Gasteiger partial charge is 0.385 e. The quantitative estimate of drug-likeness (QED) is 0.756. The van der Waals surface area contributed by atoms with Crippen LogP contribution in [-0.4, -0.2) is 38.8 Å². The number of ether oxygens (including phenoxy) is 1. The minimum Gasteiger partial charge on any atom is -0.385 e. The number of unbranched alkanes of at least 4 members (excludes halogenated alkanes) is 1. The van der Waals surface area contributed by atoms with Crippen LogP contribution in [0.3, 0.4) is 0 Å². The molecule has 4 nitrogen and oxygen atoms in total. The Kier molecular flexibility index (Phi) is 6.92. The molecule has 23 heavy (non-hydrogen) atoms. The third-order valence-corrected chi connectivity index (χ3v) is 4.20. The first-order valence-corrected chi connectivity index (χ1v) is 8.05. The van der Waals surface area contributed by atoms with Gasteiger partial charge >= 0.3 is 0 Å². The third-order valence-electron chi connectivity index (χ3n) is 4.20. The van der Waals surface area contributed by atoms with Crippen molar-refractivity contribution in [1.29, 1.82) is 0 Å². The van der Waals surface area contributed by atoms with Crippen LogP contribution in [0.5, 0.6) is 0 Å².